The number of hydrogen-bond donors (Lipinski definition) is 1. The van der Waals surface area contributed by atoms with Crippen molar-refractivity contribution < 1.29 is 22.7 Å². The third-order valence-corrected chi connectivity index (χ3v) is 8.06. The molecule has 3 heterocycles. The number of benzene rings is 2. The third kappa shape index (κ3) is 3.51. The Bertz CT molecular complexity index is 1170. The van der Waals surface area contributed by atoms with Crippen molar-refractivity contribution >= 4 is 42.6 Å². The predicted molar refractivity (Wildman–Crippen MR) is 112 cm³/mol. The molecule has 1 amide bonds. The lowest BCUT2D eigenvalue weighted by molar-refractivity contribution is -0.120. The number of carbonyl (C=O) groups is 1. The number of ether oxygens (including phenoxy) is 2. The Hall–Kier alpha value is -2.69. The zero-order valence-corrected chi connectivity index (χ0v) is 17.5. The monoisotopic (exact) mass is 445 g/mol. The quantitative estimate of drug-likeness (QED) is 0.663. The molecule has 0 bridgehead atoms. The summed E-state index contributed by atoms with van der Waals surface area (Å²) in [6.45, 7) is 0.762. The Kier molecular flexibility index (Phi) is 4.84. The van der Waals surface area contributed by atoms with Crippen molar-refractivity contribution in [2.75, 3.05) is 25.2 Å². The highest BCUT2D eigenvalue weighted by atomic mass is 32.2. The Morgan fingerprint density at radius 3 is 2.73 bits per heavy atom. The zero-order chi connectivity index (χ0) is 20.7. The number of piperidine rings is 1. The summed E-state index contributed by atoms with van der Waals surface area (Å²) in [6.07, 6.45) is 1.26. The summed E-state index contributed by atoms with van der Waals surface area (Å²) in [6, 6.07) is 11.9. The van der Waals surface area contributed by atoms with Gasteiger partial charge in [0.25, 0.3) is 0 Å². The molecule has 1 fully saturated rings. The van der Waals surface area contributed by atoms with E-state index in [9.17, 15) is 13.2 Å². The number of fused-ring (bicyclic) bond motifs is 2. The molecule has 8 nitrogen and oxygen atoms in total. The van der Waals surface area contributed by atoms with Gasteiger partial charge in [-0.3, -0.25) is 4.79 Å². The summed E-state index contributed by atoms with van der Waals surface area (Å²) in [5.74, 6) is 0.653. The van der Waals surface area contributed by atoms with Crippen LogP contribution in [0.15, 0.2) is 47.4 Å². The van der Waals surface area contributed by atoms with Crippen molar-refractivity contribution in [1.82, 2.24) is 9.29 Å². The Labute approximate surface area is 177 Å². The van der Waals surface area contributed by atoms with Gasteiger partial charge >= 0.3 is 0 Å². The Morgan fingerprint density at radius 2 is 1.93 bits per heavy atom. The van der Waals surface area contributed by atoms with Gasteiger partial charge in [0, 0.05) is 25.2 Å². The molecule has 2 aliphatic rings. The number of anilines is 1. The minimum Gasteiger partial charge on any atom is -0.454 e. The first-order chi connectivity index (χ1) is 14.5. The fourth-order valence-corrected chi connectivity index (χ4v) is 6.12. The molecule has 0 saturated carbocycles. The van der Waals surface area contributed by atoms with Crippen LogP contribution >= 0.6 is 11.3 Å². The van der Waals surface area contributed by atoms with Crippen LogP contribution in [-0.2, 0) is 14.8 Å². The maximum atomic E-state index is 12.9. The van der Waals surface area contributed by atoms with Crippen LogP contribution in [0.3, 0.4) is 0 Å². The number of sulfonamides is 1. The summed E-state index contributed by atoms with van der Waals surface area (Å²) in [5, 5.41) is 3.33. The highest BCUT2D eigenvalue weighted by Gasteiger charge is 2.33. The first-order valence-corrected chi connectivity index (χ1v) is 11.8. The third-order valence-electron chi connectivity index (χ3n) is 5.25. The fourth-order valence-electron chi connectivity index (χ4n) is 3.70. The normalized spacial score (nSPS) is 19.1. The molecule has 0 spiro atoms. The molecular weight excluding hydrogens is 426 g/mol. The van der Waals surface area contributed by atoms with E-state index in [0.29, 0.717) is 36.0 Å². The van der Waals surface area contributed by atoms with Gasteiger partial charge in [-0.2, -0.15) is 4.31 Å². The number of amides is 1. The average molecular weight is 446 g/mol. The summed E-state index contributed by atoms with van der Waals surface area (Å²) >= 11 is 1.35. The minimum absolute atomic E-state index is 0.157. The standard InChI is InChI=1S/C20H19N3O5S2/c24-19(22-20-21-15-9-16-17(28-12-27-16)10-18(15)29-20)13-5-4-8-23(11-13)30(25,26)14-6-2-1-3-7-14/h1-3,6-7,9-10,13H,4-5,8,11-12H2,(H,21,22,24). The molecule has 1 atom stereocenters. The van der Waals surface area contributed by atoms with E-state index in [1.807, 2.05) is 6.07 Å². The van der Waals surface area contributed by atoms with Crippen LogP contribution in [0, 0.1) is 5.92 Å². The zero-order valence-electron chi connectivity index (χ0n) is 15.9. The molecule has 1 N–H and O–H groups in total. The highest BCUT2D eigenvalue weighted by molar-refractivity contribution is 7.89. The summed E-state index contributed by atoms with van der Waals surface area (Å²) in [7, 11) is -3.62. The molecule has 156 valence electrons. The number of thiazole rings is 1. The molecule has 0 radical (unpaired) electrons. The predicted octanol–water partition coefficient (Wildman–Crippen LogP) is 3.06. The van der Waals surface area contributed by atoms with Gasteiger partial charge in [-0.05, 0) is 25.0 Å². The molecule has 1 saturated heterocycles. The maximum Gasteiger partial charge on any atom is 0.243 e. The van der Waals surface area contributed by atoms with Crippen LogP contribution < -0.4 is 14.8 Å². The van der Waals surface area contributed by atoms with E-state index in [4.69, 9.17) is 9.47 Å². The van der Waals surface area contributed by atoms with Crippen molar-refractivity contribution in [3.63, 3.8) is 0 Å². The number of nitrogens with zero attached hydrogens (tertiary/aromatic N) is 2. The van der Waals surface area contributed by atoms with Crippen molar-refractivity contribution in [3.05, 3.63) is 42.5 Å². The van der Waals surface area contributed by atoms with E-state index in [-0.39, 0.29) is 24.1 Å². The van der Waals surface area contributed by atoms with Crippen LogP contribution in [-0.4, -0.2) is 43.5 Å². The Balaban J connectivity index is 1.31. The highest BCUT2D eigenvalue weighted by Crippen LogP contribution is 2.39. The average Bonchev–Trinajstić information content (AvgIpc) is 3.37. The second kappa shape index (κ2) is 7.53. The first-order valence-electron chi connectivity index (χ1n) is 9.57. The molecule has 2 aromatic carbocycles. The van der Waals surface area contributed by atoms with Crippen LogP contribution in [0.4, 0.5) is 5.13 Å². The minimum atomic E-state index is -3.62. The van der Waals surface area contributed by atoms with Gasteiger partial charge < -0.3 is 14.8 Å². The van der Waals surface area contributed by atoms with E-state index >= 15 is 0 Å². The second-order valence-corrected chi connectivity index (χ2v) is 10.2. The van der Waals surface area contributed by atoms with Crippen molar-refractivity contribution in [2.24, 2.45) is 5.92 Å². The van der Waals surface area contributed by atoms with Gasteiger partial charge in [0.2, 0.25) is 22.7 Å². The molecule has 3 aromatic rings. The topological polar surface area (TPSA) is 97.8 Å². The number of nitrogens with one attached hydrogen (secondary N) is 1. The van der Waals surface area contributed by atoms with E-state index < -0.39 is 15.9 Å². The van der Waals surface area contributed by atoms with Crippen LogP contribution in [0.1, 0.15) is 12.8 Å². The van der Waals surface area contributed by atoms with Gasteiger partial charge in [0.15, 0.2) is 16.6 Å². The number of hydrogen-bond acceptors (Lipinski definition) is 7. The lowest BCUT2D eigenvalue weighted by Crippen LogP contribution is -2.43. The number of aromatic nitrogens is 1. The molecule has 30 heavy (non-hydrogen) atoms. The van der Waals surface area contributed by atoms with E-state index in [2.05, 4.69) is 10.3 Å². The molecule has 0 aliphatic carbocycles. The summed E-state index contributed by atoms with van der Waals surface area (Å²) < 4.78 is 38.8. The van der Waals surface area contributed by atoms with Crippen LogP contribution in [0.25, 0.3) is 10.2 Å². The van der Waals surface area contributed by atoms with E-state index in [0.717, 1.165) is 10.2 Å². The van der Waals surface area contributed by atoms with Crippen LogP contribution in [0.2, 0.25) is 0 Å². The van der Waals surface area contributed by atoms with Gasteiger partial charge in [-0.1, -0.05) is 29.5 Å². The van der Waals surface area contributed by atoms with E-state index in [1.54, 1.807) is 36.4 Å². The first kappa shape index (κ1) is 19.3. The molecular formula is C20H19N3O5S2. The largest absolute Gasteiger partial charge is 0.454 e. The van der Waals surface area contributed by atoms with Crippen molar-refractivity contribution in [1.29, 1.82) is 0 Å². The molecule has 1 aromatic heterocycles. The number of rotatable bonds is 4. The summed E-state index contributed by atoms with van der Waals surface area (Å²) in [4.78, 5) is 17.5. The molecule has 1 unspecified atom stereocenters. The van der Waals surface area contributed by atoms with Crippen molar-refractivity contribution in [3.8, 4) is 11.5 Å². The fraction of sp³-hybridized carbons (Fsp3) is 0.300. The second-order valence-electron chi connectivity index (χ2n) is 7.20. The Morgan fingerprint density at radius 1 is 1.17 bits per heavy atom. The van der Waals surface area contributed by atoms with Gasteiger partial charge in [-0.15, -0.1) is 0 Å². The molecule has 5 rings (SSSR count). The van der Waals surface area contributed by atoms with Crippen molar-refractivity contribution in [2.45, 2.75) is 17.7 Å². The SMILES string of the molecule is O=C(Nc1nc2cc3c(cc2s1)OCO3)C1CCCN(S(=O)(=O)c2ccccc2)C1. The molecule has 10 heteroatoms. The van der Waals surface area contributed by atoms with Crippen LogP contribution in [0.5, 0.6) is 11.5 Å². The van der Waals surface area contributed by atoms with E-state index in [1.165, 1.54) is 15.6 Å². The summed E-state index contributed by atoms with van der Waals surface area (Å²) in [5.41, 5.74) is 0.719. The van der Waals surface area contributed by atoms with Gasteiger partial charge in [-0.25, -0.2) is 13.4 Å². The van der Waals surface area contributed by atoms with Gasteiger partial charge in [0.05, 0.1) is 21.0 Å². The van der Waals surface area contributed by atoms with Gasteiger partial charge in [0.1, 0.15) is 0 Å². The lowest BCUT2D eigenvalue weighted by atomic mass is 9.99. The number of carbonyl (C=O) groups excluding carboxylic acids is 1. The molecule has 2 aliphatic heterocycles. The smallest absolute Gasteiger partial charge is 0.243 e. The maximum absolute atomic E-state index is 12.9. The lowest BCUT2D eigenvalue weighted by Gasteiger charge is -2.31.